The van der Waals surface area contributed by atoms with Crippen LogP contribution < -0.4 is 10.6 Å². The first-order valence-electron chi connectivity index (χ1n) is 7.77. The molecule has 0 aliphatic carbocycles. The lowest BCUT2D eigenvalue weighted by atomic mass is 9.90. The van der Waals surface area contributed by atoms with Crippen LogP contribution in [0.15, 0.2) is 36.4 Å². The molecule has 0 radical (unpaired) electrons. The molecule has 0 unspecified atom stereocenters. The van der Waals surface area contributed by atoms with Crippen molar-refractivity contribution in [2.75, 3.05) is 10.6 Å². The van der Waals surface area contributed by atoms with E-state index in [0.29, 0.717) is 11.4 Å². The molecule has 0 saturated heterocycles. The Hall–Kier alpha value is -2.40. The molecule has 6 heteroatoms. The molecule has 25 heavy (non-hydrogen) atoms. The summed E-state index contributed by atoms with van der Waals surface area (Å²) in [5.41, 5.74) is 1.63. The van der Waals surface area contributed by atoms with Crippen molar-refractivity contribution in [3.8, 4) is 0 Å². The van der Waals surface area contributed by atoms with Crippen molar-refractivity contribution in [1.29, 1.82) is 0 Å². The lowest BCUT2D eigenvalue weighted by Gasteiger charge is -2.23. The van der Waals surface area contributed by atoms with Crippen molar-refractivity contribution in [3.63, 3.8) is 0 Å². The normalized spacial score (nSPS) is 11.1. The summed E-state index contributed by atoms with van der Waals surface area (Å²) in [6.07, 6.45) is 0. The molecule has 0 atom stereocenters. The van der Waals surface area contributed by atoms with Gasteiger partial charge in [-0.05, 0) is 63.1 Å². The molecule has 0 aliphatic rings. The third kappa shape index (κ3) is 4.17. The second-order valence-electron chi connectivity index (χ2n) is 6.41. The van der Waals surface area contributed by atoms with E-state index < -0.39 is 23.0 Å². The van der Waals surface area contributed by atoms with Gasteiger partial charge in [-0.25, -0.2) is 4.39 Å². The van der Waals surface area contributed by atoms with Crippen LogP contribution in [0.4, 0.5) is 15.8 Å². The third-order valence-electron chi connectivity index (χ3n) is 4.17. The zero-order chi connectivity index (χ0) is 18.8. The van der Waals surface area contributed by atoms with Gasteiger partial charge in [-0.1, -0.05) is 23.7 Å². The van der Waals surface area contributed by atoms with Crippen LogP contribution in [-0.2, 0) is 9.59 Å². The van der Waals surface area contributed by atoms with E-state index in [1.165, 1.54) is 26.0 Å². The van der Waals surface area contributed by atoms with Gasteiger partial charge in [-0.15, -0.1) is 0 Å². The Morgan fingerprint density at radius 3 is 2.32 bits per heavy atom. The number of amides is 2. The first-order valence-corrected chi connectivity index (χ1v) is 8.15. The van der Waals surface area contributed by atoms with Gasteiger partial charge in [0.2, 0.25) is 11.8 Å². The van der Waals surface area contributed by atoms with E-state index in [-0.39, 0.29) is 5.02 Å². The van der Waals surface area contributed by atoms with Gasteiger partial charge in [0.05, 0.1) is 5.02 Å². The van der Waals surface area contributed by atoms with Gasteiger partial charge in [-0.3, -0.25) is 9.59 Å². The average Bonchev–Trinajstić information content (AvgIpc) is 2.55. The van der Waals surface area contributed by atoms with Crippen LogP contribution in [0.5, 0.6) is 0 Å². The minimum absolute atomic E-state index is 0.101. The predicted molar refractivity (Wildman–Crippen MR) is 98.4 cm³/mol. The first kappa shape index (κ1) is 18.9. The van der Waals surface area contributed by atoms with E-state index in [0.717, 1.165) is 17.2 Å². The van der Waals surface area contributed by atoms with Gasteiger partial charge in [0.1, 0.15) is 11.2 Å². The fraction of sp³-hybridized carbons (Fsp3) is 0.263. The highest BCUT2D eigenvalue weighted by Crippen LogP contribution is 2.25. The van der Waals surface area contributed by atoms with Crippen molar-refractivity contribution >= 4 is 34.8 Å². The molecule has 0 saturated carbocycles. The number of halogens is 2. The molecule has 0 bridgehead atoms. The Bertz CT molecular complexity index is 834. The summed E-state index contributed by atoms with van der Waals surface area (Å²) in [5.74, 6) is -1.53. The minimum Gasteiger partial charge on any atom is -0.325 e. The number of anilines is 2. The molecule has 2 amide bonds. The maximum atomic E-state index is 13.2. The van der Waals surface area contributed by atoms with Crippen molar-refractivity contribution < 1.29 is 14.0 Å². The third-order valence-corrected chi connectivity index (χ3v) is 4.46. The fourth-order valence-corrected chi connectivity index (χ4v) is 2.31. The maximum absolute atomic E-state index is 13.2. The zero-order valence-corrected chi connectivity index (χ0v) is 15.3. The number of hydrogen-bond acceptors (Lipinski definition) is 2. The highest BCUT2D eigenvalue weighted by atomic mass is 35.5. The number of aryl methyl sites for hydroxylation is 1. The molecule has 4 nitrogen and oxygen atoms in total. The Balaban J connectivity index is 2.15. The van der Waals surface area contributed by atoms with Gasteiger partial charge in [0.15, 0.2) is 0 Å². The lowest BCUT2D eigenvalue weighted by Crippen LogP contribution is -2.41. The van der Waals surface area contributed by atoms with E-state index in [4.69, 9.17) is 11.6 Å². The van der Waals surface area contributed by atoms with E-state index >= 15 is 0 Å². The molecule has 0 aromatic heterocycles. The molecule has 2 aromatic rings. The largest absolute Gasteiger partial charge is 0.325 e. The SMILES string of the molecule is Cc1cccc(NC(=O)C(C)(C)C(=O)Nc2ccc(F)c(Cl)c2)c1C. The second kappa shape index (κ2) is 7.23. The molecule has 0 aliphatic heterocycles. The van der Waals surface area contributed by atoms with Crippen LogP contribution in [0.1, 0.15) is 25.0 Å². The number of nitrogens with one attached hydrogen (secondary N) is 2. The zero-order valence-electron chi connectivity index (χ0n) is 14.5. The van der Waals surface area contributed by atoms with Gasteiger partial charge in [-0.2, -0.15) is 0 Å². The Kier molecular flexibility index (Phi) is 5.48. The van der Waals surface area contributed by atoms with E-state index in [1.54, 1.807) is 6.07 Å². The van der Waals surface area contributed by atoms with E-state index in [2.05, 4.69) is 10.6 Å². The summed E-state index contributed by atoms with van der Waals surface area (Å²) >= 11 is 5.71. The average molecular weight is 363 g/mol. The number of rotatable bonds is 4. The van der Waals surface area contributed by atoms with Gasteiger partial charge >= 0.3 is 0 Å². The number of carbonyl (C=O) groups excluding carboxylic acids is 2. The predicted octanol–water partition coefficient (Wildman–Crippen LogP) is 4.70. The van der Waals surface area contributed by atoms with Crippen molar-refractivity contribution in [1.82, 2.24) is 0 Å². The molecule has 0 spiro atoms. The molecular weight excluding hydrogens is 343 g/mol. The van der Waals surface area contributed by atoms with Crippen molar-refractivity contribution in [3.05, 3.63) is 58.4 Å². The summed E-state index contributed by atoms with van der Waals surface area (Å²) in [6.45, 7) is 6.89. The first-order chi connectivity index (χ1) is 11.6. The van der Waals surface area contributed by atoms with Crippen LogP contribution in [0.2, 0.25) is 5.02 Å². The number of hydrogen-bond donors (Lipinski definition) is 2. The van der Waals surface area contributed by atoms with Gasteiger partial charge in [0.25, 0.3) is 0 Å². The summed E-state index contributed by atoms with van der Waals surface area (Å²) in [5, 5.41) is 5.28. The summed E-state index contributed by atoms with van der Waals surface area (Å²) in [4.78, 5) is 25.1. The van der Waals surface area contributed by atoms with Crippen molar-refractivity contribution in [2.24, 2.45) is 5.41 Å². The van der Waals surface area contributed by atoms with Crippen LogP contribution in [0.25, 0.3) is 0 Å². The Morgan fingerprint density at radius 1 is 1.04 bits per heavy atom. The maximum Gasteiger partial charge on any atom is 0.239 e. The van der Waals surface area contributed by atoms with Crippen LogP contribution >= 0.6 is 11.6 Å². The Morgan fingerprint density at radius 2 is 1.68 bits per heavy atom. The molecule has 2 N–H and O–H groups in total. The topological polar surface area (TPSA) is 58.2 Å². The summed E-state index contributed by atoms with van der Waals surface area (Å²) in [6, 6.07) is 9.41. The van der Waals surface area contributed by atoms with Gasteiger partial charge < -0.3 is 10.6 Å². The molecule has 0 heterocycles. The van der Waals surface area contributed by atoms with Crippen LogP contribution in [0.3, 0.4) is 0 Å². The minimum atomic E-state index is -1.34. The fourth-order valence-electron chi connectivity index (χ4n) is 2.13. The highest BCUT2D eigenvalue weighted by Gasteiger charge is 2.36. The number of carbonyl (C=O) groups is 2. The molecule has 2 rings (SSSR count). The van der Waals surface area contributed by atoms with E-state index in [1.807, 2.05) is 26.0 Å². The second-order valence-corrected chi connectivity index (χ2v) is 6.82. The summed E-state index contributed by atoms with van der Waals surface area (Å²) < 4.78 is 13.2. The monoisotopic (exact) mass is 362 g/mol. The molecule has 132 valence electrons. The standard InChI is InChI=1S/C19H20ClFN2O2/c1-11-6-5-7-16(12(11)2)23-18(25)19(3,4)17(24)22-13-8-9-15(21)14(20)10-13/h5-10H,1-4H3,(H,22,24)(H,23,25). The molecule has 2 aromatic carbocycles. The molecule has 0 fully saturated rings. The van der Waals surface area contributed by atoms with Gasteiger partial charge in [0, 0.05) is 11.4 Å². The number of benzene rings is 2. The highest BCUT2D eigenvalue weighted by molar-refractivity contribution is 6.31. The Labute approximate surface area is 151 Å². The quantitative estimate of drug-likeness (QED) is 0.774. The summed E-state index contributed by atoms with van der Waals surface area (Å²) in [7, 11) is 0. The molecular formula is C19H20ClFN2O2. The lowest BCUT2D eigenvalue weighted by molar-refractivity contribution is -0.135. The van der Waals surface area contributed by atoms with Crippen LogP contribution in [-0.4, -0.2) is 11.8 Å². The van der Waals surface area contributed by atoms with Crippen LogP contribution in [0, 0.1) is 25.1 Å². The smallest absolute Gasteiger partial charge is 0.239 e. The van der Waals surface area contributed by atoms with Crippen molar-refractivity contribution in [2.45, 2.75) is 27.7 Å². The van der Waals surface area contributed by atoms with E-state index in [9.17, 15) is 14.0 Å².